The highest BCUT2D eigenvalue weighted by atomic mass is 35.5. The van der Waals surface area contributed by atoms with Crippen LogP contribution in [0.4, 0.5) is 5.69 Å². The monoisotopic (exact) mass is 387 g/mol. The lowest BCUT2D eigenvalue weighted by Crippen LogP contribution is -2.24. The second-order valence-corrected chi connectivity index (χ2v) is 6.79. The predicted octanol–water partition coefficient (Wildman–Crippen LogP) is 5.16. The van der Waals surface area contributed by atoms with Crippen LogP contribution in [0.15, 0.2) is 54.7 Å². The maximum absolute atomic E-state index is 12.0. The summed E-state index contributed by atoms with van der Waals surface area (Å²) < 4.78 is 0. The zero-order valence-electron chi connectivity index (χ0n) is 14.1. The van der Waals surface area contributed by atoms with Crippen LogP contribution in [0.1, 0.15) is 23.2 Å². The van der Waals surface area contributed by atoms with Crippen molar-refractivity contribution in [3.63, 3.8) is 0 Å². The van der Waals surface area contributed by atoms with Gasteiger partial charge in [-0.1, -0.05) is 23.2 Å². The van der Waals surface area contributed by atoms with Crippen molar-refractivity contribution in [1.82, 2.24) is 10.3 Å². The molecule has 0 bridgehead atoms. The van der Waals surface area contributed by atoms with Gasteiger partial charge in [0.1, 0.15) is 0 Å². The first-order valence-corrected chi connectivity index (χ1v) is 9.21. The number of anilines is 1. The lowest BCUT2D eigenvalue weighted by atomic mass is 10.2. The first kappa shape index (κ1) is 18.5. The summed E-state index contributed by atoms with van der Waals surface area (Å²) in [6.07, 6.45) is 3.60. The highest BCUT2D eigenvalue weighted by Gasteiger charge is 2.05. The zero-order valence-corrected chi connectivity index (χ0v) is 15.6. The number of hydrogen-bond acceptors (Lipinski definition) is 3. The van der Waals surface area contributed by atoms with E-state index in [9.17, 15) is 4.79 Å². The van der Waals surface area contributed by atoms with Gasteiger partial charge in [0.25, 0.3) is 5.91 Å². The van der Waals surface area contributed by atoms with Gasteiger partial charge in [0.2, 0.25) is 0 Å². The number of nitrogens with one attached hydrogen (secondary N) is 2. The van der Waals surface area contributed by atoms with Crippen LogP contribution in [0, 0.1) is 0 Å². The van der Waals surface area contributed by atoms with Crippen LogP contribution in [0.5, 0.6) is 0 Å². The summed E-state index contributed by atoms with van der Waals surface area (Å²) in [5, 5.41) is 8.69. The number of unbranched alkanes of at least 4 members (excludes halogenated alkanes) is 1. The van der Waals surface area contributed by atoms with Crippen molar-refractivity contribution in [3.05, 3.63) is 70.3 Å². The third-order valence-corrected chi connectivity index (χ3v) is 4.50. The molecule has 0 saturated heterocycles. The van der Waals surface area contributed by atoms with Crippen LogP contribution < -0.4 is 10.6 Å². The molecule has 0 radical (unpaired) electrons. The Kier molecular flexibility index (Phi) is 6.31. The minimum Gasteiger partial charge on any atom is -0.384 e. The number of halogens is 2. The molecule has 134 valence electrons. The number of aromatic nitrogens is 1. The Morgan fingerprint density at radius 1 is 0.923 bits per heavy atom. The summed E-state index contributed by atoms with van der Waals surface area (Å²) in [6, 6.07) is 14.5. The van der Waals surface area contributed by atoms with Crippen LogP contribution in [-0.2, 0) is 0 Å². The van der Waals surface area contributed by atoms with Crippen LogP contribution in [0.2, 0.25) is 10.0 Å². The summed E-state index contributed by atoms with van der Waals surface area (Å²) >= 11 is 11.8. The molecule has 3 rings (SSSR count). The van der Waals surface area contributed by atoms with E-state index in [1.54, 1.807) is 30.5 Å². The highest BCUT2D eigenvalue weighted by Crippen LogP contribution is 2.24. The first-order valence-electron chi connectivity index (χ1n) is 8.45. The van der Waals surface area contributed by atoms with Gasteiger partial charge in [0.05, 0.1) is 5.52 Å². The number of rotatable bonds is 7. The topological polar surface area (TPSA) is 54.0 Å². The van der Waals surface area contributed by atoms with Gasteiger partial charge < -0.3 is 10.6 Å². The van der Waals surface area contributed by atoms with E-state index in [4.69, 9.17) is 23.2 Å². The molecule has 1 aromatic heterocycles. The van der Waals surface area contributed by atoms with E-state index in [-0.39, 0.29) is 5.91 Å². The fraction of sp³-hybridized carbons (Fsp3) is 0.200. The molecule has 26 heavy (non-hydrogen) atoms. The van der Waals surface area contributed by atoms with E-state index >= 15 is 0 Å². The Hall–Kier alpha value is -2.30. The van der Waals surface area contributed by atoms with Crippen molar-refractivity contribution >= 4 is 45.7 Å². The standard InChI is InChI=1S/C20H19Cl2N3O/c21-15-5-3-14(4-6-15)20(26)25-11-2-1-10-23-18-9-12-24-19-13-16(22)7-8-17(18)19/h3-9,12-13H,1-2,10-11H2,(H,23,24)(H,25,26). The van der Waals surface area contributed by atoms with Crippen molar-refractivity contribution in [2.75, 3.05) is 18.4 Å². The molecule has 0 unspecified atom stereocenters. The number of amides is 1. The quantitative estimate of drug-likeness (QED) is 0.550. The van der Waals surface area contributed by atoms with Gasteiger partial charge in [-0.15, -0.1) is 0 Å². The molecule has 0 atom stereocenters. The Bertz CT molecular complexity index is 897. The van der Waals surface area contributed by atoms with Crippen molar-refractivity contribution < 1.29 is 4.79 Å². The number of nitrogens with zero attached hydrogens (tertiary/aromatic N) is 1. The maximum Gasteiger partial charge on any atom is 0.251 e. The minimum absolute atomic E-state index is 0.0772. The van der Waals surface area contributed by atoms with Crippen molar-refractivity contribution in [1.29, 1.82) is 0 Å². The van der Waals surface area contributed by atoms with E-state index in [2.05, 4.69) is 15.6 Å². The van der Waals surface area contributed by atoms with Crippen molar-refractivity contribution in [2.45, 2.75) is 12.8 Å². The van der Waals surface area contributed by atoms with Crippen LogP contribution in [0.3, 0.4) is 0 Å². The maximum atomic E-state index is 12.0. The molecule has 4 nitrogen and oxygen atoms in total. The molecule has 0 aliphatic carbocycles. The fourth-order valence-corrected chi connectivity index (χ4v) is 2.95. The number of carbonyl (C=O) groups excluding carboxylic acids is 1. The smallest absolute Gasteiger partial charge is 0.251 e. The third kappa shape index (κ3) is 4.87. The number of carbonyl (C=O) groups is 1. The molecule has 0 aliphatic heterocycles. The predicted molar refractivity (Wildman–Crippen MR) is 108 cm³/mol. The number of benzene rings is 2. The summed E-state index contributed by atoms with van der Waals surface area (Å²) in [6.45, 7) is 1.45. The van der Waals surface area contributed by atoms with Gasteiger partial charge in [-0.05, 0) is 61.4 Å². The lowest BCUT2D eigenvalue weighted by Gasteiger charge is -2.10. The van der Waals surface area contributed by atoms with E-state index in [0.29, 0.717) is 22.2 Å². The SMILES string of the molecule is O=C(NCCCCNc1ccnc2cc(Cl)ccc12)c1ccc(Cl)cc1. The normalized spacial score (nSPS) is 10.7. The highest BCUT2D eigenvalue weighted by molar-refractivity contribution is 6.31. The second-order valence-electron chi connectivity index (χ2n) is 5.92. The molecule has 0 aliphatic rings. The van der Waals surface area contributed by atoms with Gasteiger partial charge >= 0.3 is 0 Å². The summed E-state index contributed by atoms with van der Waals surface area (Å²) in [5.74, 6) is -0.0772. The van der Waals surface area contributed by atoms with Crippen LogP contribution in [0.25, 0.3) is 10.9 Å². The Morgan fingerprint density at radius 3 is 2.46 bits per heavy atom. The number of pyridine rings is 1. The summed E-state index contributed by atoms with van der Waals surface area (Å²) in [4.78, 5) is 16.3. The molecule has 3 aromatic rings. The molecular formula is C20H19Cl2N3O. The first-order chi connectivity index (χ1) is 12.6. The molecule has 2 N–H and O–H groups in total. The zero-order chi connectivity index (χ0) is 18.4. The number of fused-ring (bicyclic) bond motifs is 1. The van der Waals surface area contributed by atoms with Gasteiger partial charge in [-0.3, -0.25) is 9.78 Å². The molecule has 0 spiro atoms. The van der Waals surface area contributed by atoms with E-state index in [1.807, 2.05) is 24.3 Å². The molecule has 0 saturated carbocycles. The lowest BCUT2D eigenvalue weighted by molar-refractivity contribution is 0.0953. The van der Waals surface area contributed by atoms with E-state index in [1.165, 1.54) is 0 Å². The Morgan fingerprint density at radius 2 is 1.65 bits per heavy atom. The average molecular weight is 388 g/mol. The molecule has 1 amide bonds. The minimum atomic E-state index is -0.0772. The average Bonchev–Trinajstić information content (AvgIpc) is 2.64. The van der Waals surface area contributed by atoms with E-state index in [0.717, 1.165) is 36.0 Å². The summed E-state index contributed by atoms with van der Waals surface area (Å²) in [5.41, 5.74) is 2.53. The molecule has 1 heterocycles. The van der Waals surface area contributed by atoms with Gasteiger partial charge in [-0.2, -0.15) is 0 Å². The Labute approximate surface area is 162 Å². The molecule has 0 fully saturated rings. The van der Waals surface area contributed by atoms with Crippen LogP contribution in [-0.4, -0.2) is 24.0 Å². The van der Waals surface area contributed by atoms with Gasteiger partial charge in [0.15, 0.2) is 0 Å². The van der Waals surface area contributed by atoms with Crippen LogP contribution >= 0.6 is 23.2 Å². The van der Waals surface area contributed by atoms with Crippen molar-refractivity contribution in [2.24, 2.45) is 0 Å². The largest absolute Gasteiger partial charge is 0.384 e. The molecular weight excluding hydrogens is 369 g/mol. The molecule has 2 aromatic carbocycles. The van der Waals surface area contributed by atoms with E-state index < -0.39 is 0 Å². The second kappa shape index (κ2) is 8.88. The third-order valence-electron chi connectivity index (χ3n) is 4.02. The summed E-state index contributed by atoms with van der Waals surface area (Å²) in [7, 11) is 0. The van der Waals surface area contributed by atoms with Gasteiger partial charge in [0, 0.05) is 46.0 Å². The van der Waals surface area contributed by atoms with Gasteiger partial charge in [-0.25, -0.2) is 0 Å². The fourth-order valence-electron chi connectivity index (χ4n) is 2.65. The van der Waals surface area contributed by atoms with Crippen molar-refractivity contribution in [3.8, 4) is 0 Å². The molecule has 6 heteroatoms. The Balaban J connectivity index is 1.42. The number of hydrogen-bond donors (Lipinski definition) is 2.